The van der Waals surface area contributed by atoms with Gasteiger partial charge in [0.15, 0.2) is 0 Å². The lowest BCUT2D eigenvalue weighted by Gasteiger charge is -2.23. The molecule has 4 nitrogen and oxygen atoms in total. The van der Waals surface area contributed by atoms with E-state index in [0.717, 1.165) is 22.9 Å². The zero-order valence-corrected chi connectivity index (χ0v) is 21.7. The lowest BCUT2D eigenvalue weighted by atomic mass is 9.84. The molecule has 0 unspecified atom stereocenters. The Labute approximate surface area is 211 Å². The first kappa shape index (κ1) is 22.5. The van der Waals surface area contributed by atoms with E-state index in [2.05, 4.69) is 99.0 Å². The Balaban J connectivity index is 1.96. The molecule has 0 radical (unpaired) electrons. The van der Waals surface area contributed by atoms with Crippen molar-refractivity contribution in [2.75, 3.05) is 24.9 Å². The van der Waals surface area contributed by atoms with Gasteiger partial charge in [0.05, 0.1) is 14.2 Å². The zero-order chi connectivity index (χ0) is 25.1. The molecule has 6 rings (SSSR count). The molecule has 0 aliphatic carbocycles. The van der Waals surface area contributed by atoms with E-state index in [9.17, 15) is 0 Å². The standard InChI is InChI=1S/C32H32N2O2/c1-17(2)33-27-13-11-23-26-16-20(36-6)8-10-22(26)30-28(34-18(3)4)14-12-24-25-15-19(35-5)7-9-21(25)29(27)31(23)32(24)30/h7-18,33-34H,1-6H3. The van der Waals surface area contributed by atoms with Gasteiger partial charge in [0.1, 0.15) is 11.5 Å². The second-order valence-corrected chi connectivity index (χ2v) is 10.2. The quantitative estimate of drug-likeness (QED) is 0.187. The summed E-state index contributed by atoms with van der Waals surface area (Å²) in [5.74, 6) is 1.73. The monoisotopic (exact) mass is 476 g/mol. The first-order chi connectivity index (χ1) is 17.4. The molecule has 0 amide bonds. The van der Waals surface area contributed by atoms with Crippen molar-refractivity contribution in [1.29, 1.82) is 0 Å². The molecule has 0 fully saturated rings. The van der Waals surface area contributed by atoms with E-state index in [1.54, 1.807) is 14.2 Å². The van der Waals surface area contributed by atoms with Crippen molar-refractivity contribution in [3.8, 4) is 11.5 Å². The summed E-state index contributed by atoms with van der Waals surface area (Å²) in [7, 11) is 3.47. The van der Waals surface area contributed by atoms with E-state index in [1.807, 2.05) is 0 Å². The highest BCUT2D eigenvalue weighted by Gasteiger charge is 2.22. The van der Waals surface area contributed by atoms with Crippen LogP contribution in [0, 0.1) is 0 Å². The van der Waals surface area contributed by atoms with E-state index in [0.29, 0.717) is 12.1 Å². The van der Waals surface area contributed by atoms with Crippen LogP contribution in [-0.2, 0) is 0 Å². The largest absolute Gasteiger partial charge is 0.497 e. The Morgan fingerprint density at radius 3 is 1.19 bits per heavy atom. The third-order valence-corrected chi connectivity index (χ3v) is 7.12. The highest BCUT2D eigenvalue weighted by atomic mass is 16.5. The molecule has 0 aliphatic heterocycles. The van der Waals surface area contributed by atoms with Crippen LogP contribution in [0.4, 0.5) is 11.4 Å². The fourth-order valence-electron chi connectivity index (χ4n) is 5.78. The topological polar surface area (TPSA) is 42.5 Å². The van der Waals surface area contributed by atoms with Crippen LogP contribution in [0.1, 0.15) is 27.7 Å². The predicted octanol–water partition coefficient (Wildman–Crippen LogP) is 8.55. The SMILES string of the molecule is COc1ccc2c(c1)c1ccc(NC(C)C)c3c4ccc(OC)cc4c4ccc(NC(C)C)c2c4c13. The number of hydrogen-bond acceptors (Lipinski definition) is 4. The summed E-state index contributed by atoms with van der Waals surface area (Å²) in [6.45, 7) is 8.75. The summed E-state index contributed by atoms with van der Waals surface area (Å²) in [5.41, 5.74) is 2.31. The molecule has 0 aliphatic rings. The third-order valence-electron chi connectivity index (χ3n) is 7.12. The second-order valence-electron chi connectivity index (χ2n) is 10.2. The Kier molecular flexibility index (Phi) is 5.22. The number of ether oxygens (including phenoxy) is 2. The normalized spacial score (nSPS) is 12.1. The molecule has 0 heterocycles. The molecule has 6 aromatic rings. The lowest BCUT2D eigenvalue weighted by molar-refractivity contribution is 0.415. The molecule has 2 N–H and O–H groups in total. The van der Waals surface area contributed by atoms with Gasteiger partial charge < -0.3 is 20.1 Å². The van der Waals surface area contributed by atoms with Crippen LogP contribution in [0.3, 0.4) is 0 Å². The van der Waals surface area contributed by atoms with Crippen LogP contribution in [0.25, 0.3) is 53.9 Å². The van der Waals surface area contributed by atoms with E-state index in [-0.39, 0.29) is 0 Å². The highest BCUT2D eigenvalue weighted by Crippen LogP contribution is 2.50. The van der Waals surface area contributed by atoms with Crippen molar-refractivity contribution in [1.82, 2.24) is 0 Å². The molecule has 0 saturated carbocycles. The van der Waals surface area contributed by atoms with Gasteiger partial charge in [-0.15, -0.1) is 0 Å². The second kappa shape index (κ2) is 8.34. The molecule has 4 heteroatoms. The summed E-state index contributed by atoms with van der Waals surface area (Å²) in [6.07, 6.45) is 0. The van der Waals surface area contributed by atoms with Crippen molar-refractivity contribution >= 4 is 65.2 Å². The van der Waals surface area contributed by atoms with Gasteiger partial charge >= 0.3 is 0 Å². The van der Waals surface area contributed by atoms with Gasteiger partial charge in [0.2, 0.25) is 0 Å². The fourth-order valence-corrected chi connectivity index (χ4v) is 5.78. The number of nitrogens with one attached hydrogen (secondary N) is 2. The minimum atomic E-state index is 0.312. The van der Waals surface area contributed by atoms with Crippen LogP contribution in [0.15, 0.2) is 60.7 Å². The van der Waals surface area contributed by atoms with Crippen LogP contribution in [0.5, 0.6) is 11.5 Å². The van der Waals surface area contributed by atoms with Crippen LogP contribution < -0.4 is 20.1 Å². The first-order valence-corrected chi connectivity index (χ1v) is 12.7. The van der Waals surface area contributed by atoms with Gasteiger partial charge in [-0.05, 0) is 109 Å². The van der Waals surface area contributed by atoms with E-state index < -0.39 is 0 Å². The van der Waals surface area contributed by atoms with Crippen molar-refractivity contribution in [3.63, 3.8) is 0 Å². The lowest BCUT2D eigenvalue weighted by Crippen LogP contribution is -2.11. The molecule has 0 aromatic heterocycles. The van der Waals surface area contributed by atoms with Crippen molar-refractivity contribution < 1.29 is 9.47 Å². The van der Waals surface area contributed by atoms with Gasteiger partial charge in [-0.25, -0.2) is 0 Å². The number of rotatable bonds is 6. The number of anilines is 2. The predicted molar refractivity (Wildman–Crippen MR) is 156 cm³/mol. The molecule has 6 aromatic carbocycles. The number of benzene rings is 6. The Morgan fingerprint density at radius 2 is 0.833 bits per heavy atom. The van der Waals surface area contributed by atoms with E-state index in [4.69, 9.17) is 9.47 Å². The van der Waals surface area contributed by atoms with Crippen molar-refractivity contribution in [3.05, 3.63) is 60.7 Å². The molecule has 0 atom stereocenters. The summed E-state index contributed by atoms with van der Waals surface area (Å²) in [5, 5.41) is 19.9. The van der Waals surface area contributed by atoms with Gasteiger partial charge in [-0.3, -0.25) is 0 Å². The molecule has 0 bridgehead atoms. The fraction of sp³-hybridized carbons (Fsp3) is 0.250. The third kappa shape index (κ3) is 3.28. The van der Waals surface area contributed by atoms with Crippen LogP contribution in [-0.4, -0.2) is 26.3 Å². The number of fused-ring (bicyclic) bond motifs is 6. The smallest absolute Gasteiger partial charge is 0.119 e. The van der Waals surface area contributed by atoms with Crippen LogP contribution in [0.2, 0.25) is 0 Å². The van der Waals surface area contributed by atoms with Gasteiger partial charge in [-0.2, -0.15) is 0 Å². The van der Waals surface area contributed by atoms with E-state index in [1.165, 1.54) is 53.9 Å². The Hall–Kier alpha value is -3.92. The maximum absolute atomic E-state index is 5.66. The maximum atomic E-state index is 5.66. The van der Waals surface area contributed by atoms with Crippen molar-refractivity contribution in [2.45, 2.75) is 39.8 Å². The van der Waals surface area contributed by atoms with Gasteiger partial charge in [0.25, 0.3) is 0 Å². The van der Waals surface area contributed by atoms with Crippen molar-refractivity contribution in [2.24, 2.45) is 0 Å². The molecular weight excluding hydrogens is 444 g/mol. The highest BCUT2D eigenvalue weighted by molar-refractivity contribution is 6.43. The van der Waals surface area contributed by atoms with Gasteiger partial charge in [0, 0.05) is 45.0 Å². The molecule has 182 valence electrons. The minimum absolute atomic E-state index is 0.312. The number of hydrogen-bond donors (Lipinski definition) is 2. The molecule has 0 saturated heterocycles. The Morgan fingerprint density at radius 1 is 0.472 bits per heavy atom. The average Bonchev–Trinajstić information content (AvgIpc) is 2.87. The zero-order valence-electron chi connectivity index (χ0n) is 21.7. The molecular formula is C32H32N2O2. The van der Waals surface area contributed by atoms with E-state index >= 15 is 0 Å². The summed E-state index contributed by atoms with van der Waals surface area (Å²) < 4.78 is 11.3. The molecule has 0 spiro atoms. The van der Waals surface area contributed by atoms with Crippen LogP contribution >= 0.6 is 0 Å². The maximum Gasteiger partial charge on any atom is 0.119 e. The summed E-state index contributed by atoms with van der Waals surface area (Å²) in [6, 6.07) is 22.5. The summed E-state index contributed by atoms with van der Waals surface area (Å²) in [4.78, 5) is 0. The average molecular weight is 477 g/mol. The number of methoxy groups -OCH3 is 2. The summed E-state index contributed by atoms with van der Waals surface area (Å²) >= 11 is 0. The molecule has 36 heavy (non-hydrogen) atoms. The van der Waals surface area contributed by atoms with Gasteiger partial charge in [-0.1, -0.05) is 12.1 Å². The Bertz CT molecular complexity index is 1640. The minimum Gasteiger partial charge on any atom is -0.497 e. The first-order valence-electron chi connectivity index (χ1n) is 12.7.